The van der Waals surface area contributed by atoms with Crippen molar-refractivity contribution in [3.8, 4) is 27.9 Å². The smallest absolute Gasteiger partial charge is 0.0619 e. The van der Waals surface area contributed by atoms with Gasteiger partial charge in [0.2, 0.25) is 0 Å². The second-order valence-corrected chi connectivity index (χ2v) is 14.1. The number of hydrogen-bond acceptors (Lipinski definition) is 2. The van der Waals surface area contributed by atoms with Crippen molar-refractivity contribution in [3.05, 3.63) is 194 Å². The van der Waals surface area contributed by atoms with Gasteiger partial charge in [-0.3, -0.25) is 0 Å². The van der Waals surface area contributed by atoms with Gasteiger partial charge in [-0.2, -0.15) is 0 Å². The molecule has 51 heavy (non-hydrogen) atoms. The minimum atomic E-state index is 1.11. The summed E-state index contributed by atoms with van der Waals surface area (Å²) in [7, 11) is 0. The highest BCUT2D eigenvalue weighted by atomic mass is 32.1. The highest BCUT2D eigenvalue weighted by molar-refractivity contribution is 7.25. The maximum absolute atomic E-state index is 2.46. The molecule has 8 aromatic carbocycles. The number of benzene rings is 8. The predicted molar refractivity (Wildman–Crippen MR) is 219 cm³/mol. The highest BCUT2D eigenvalue weighted by Crippen LogP contribution is 2.45. The van der Waals surface area contributed by atoms with Gasteiger partial charge in [0.15, 0.2) is 0 Å². The summed E-state index contributed by atoms with van der Waals surface area (Å²) >= 11 is 1.86. The Morgan fingerprint density at radius 2 is 0.961 bits per heavy atom. The summed E-state index contributed by atoms with van der Waals surface area (Å²) in [5.74, 6) is 0. The van der Waals surface area contributed by atoms with E-state index in [-0.39, 0.29) is 0 Å². The molecular weight excluding hydrogens is 637 g/mol. The number of nitrogens with zero attached hydrogens (tertiary/aromatic N) is 2. The van der Waals surface area contributed by atoms with E-state index in [1.165, 1.54) is 64.2 Å². The quantitative estimate of drug-likeness (QED) is 0.171. The molecule has 10 rings (SSSR count). The first-order chi connectivity index (χ1) is 25.3. The summed E-state index contributed by atoms with van der Waals surface area (Å²) in [5, 5.41) is 5.07. The molecule has 0 aliphatic carbocycles. The monoisotopic (exact) mass is 668 g/mol. The van der Waals surface area contributed by atoms with Crippen LogP contribution < -0.4 is 4.90 Å². The van der Waals surface area contributed by atoms with E-state index in [1.807, 2.05) is 11.3 Å². The molecule has 0 unspecified atom stereocenters. The van der Waals surface area contributed by atoms with Crippen LogP contribution in [0.5, 0.6) is 0 Å². The number of thiophene rings is 1. The van der Waals surface area contributed by atoms with Crippen molar-refractivity contribution in [2.75, 3.05) is 4.90 Å². The Hall–Kier alpha value is -6.42. The fourth-order valence-corrected chi connectivity index (χ4v) is 8.77. The normalized spacial score (nSPS) is 11.5. The van der Waals surface area contributed by atoms with E-state index in [1.54, 1.807) is 0 Å². The van der Waals surface area contributed by atoms with Crippen LogP contribution in [0.1, 0.15) is 0 Å². The van der Waals surface area contributed by atoms with Gasteiger partial charge in [-0.25, -0.2) is 0 Å². The van der Waals surface area contributed by atoms with E-state index in [9.17, 15) is 0 Å². The highest BCUT2D eigenvalue weighted by Gasteiger charge is 2.21. The number of aromatic nitrogens is 1. The molecule has 2 aromatic heterocycles. The van der Waals surface area contributed by atoms with Gasteiger partial charge in [0, 0.05) is 59.3 Å². The lowest BCUT2D eigenvalue weighted by Crippen LogP contribution is -2.09. The van der Waals surface area contributed by atoms with Crippen LogP contribution in [0.25, 0.3) is 69.9 Å². The topological polar surface area (TPSA) is 8.17 Å². The first kappa shape index (κ1) is 29.5. The molecule has 0 radical (unpaired) electrons. The number of anilines is 3. The summed E-state index contributed by atoms with van der Waals surface area (Å²) in [5.41, 5.74) is 11.7. The molecule has 0 aliphatic rings. The van der Waals surface area contributed by atoms with Gasteiger partial charge in [-0.15, -0.1) is 11.3 Å². The van der Waals surface area contributed by atoms with E-state index in [2.05, 4.69) is 204 Å². The minimum absolute atomic E-state index is 1.11. The van der Waals surface area contributed by atoms with Gasteiger partial charge in [-0.05, 0) is 83.4 Å². The third-order valence-corrected chi connectivity index (χ3v) is 11.1. The molecule has 240 valence electrons. The Labute approximate surface area is 300 Å². The molecule has 0 bridgehead atoms. The summed E-state index contributed by atoms with van der Waals surface area (Å²) < 4.78 is 5.06. The summed E-state index contributed by atoms with van der Waals surface area (Å²) in [4.78, 5) is 2.39. The van der Waals surface area contributed by atoms with Crippen LogP contribution in [0.4, 0.5) is 17.1 Å². The van der Waals surface area contributed by atoms with Gasteiger partial charge in [0.25, 0.3) is 0 Å². The fraction of sp³-hybridized carbons (Fsp3) is 0. The molecule has 0 atom stereocenters. The third-order valence-electron chi connectivity index (χ3n) is 9.95. The van der Waals surface area contributed by atoms with Crippen molar-refractivity contribution in [2.45, 2.75) is 0 Å². The van der Waals surface area contributed by atoms with Gasteiger partial charge >= 0.3 is 0 Å². The SMILES string of the molecule is c1ccc(-c2cc(-c3ccccc3)c3c(c2)c2ccc(N(c4ccccc4)c4ccc5c(c4)sc4ccccc45)cc2n3-c2ccccc2)cc1. The first-order valence-electron chi connectivity index (χ1n) is 17.4. The Balaban J connectivity index is 1.27. The third kappa shape index (κ3) is 5.01. The molecule has 0 saturated heterocycles. The van der Waals surface area contributed by atoms with E-state index >= 15 is 0 Å². The summed E-state index contributed by atoms with van der Waals surface area (Å²) in [6, 6.07) is 70.4. The van der Waals surface area contributed by atoms with Crippen LogP contribution in [-0.4, -0.2) is 4.57 Å². The number of fused-ring (bicyclic) bond motifs is 6. The van der Waals surface area contributed by atoms with E-state index in [0.717, 1.165) is 22.7 Å². The van der Waals surface area contributed by atoms with Crippen molar-refractivity contribution in [2.24, 2.45) is 0 Å². The van der Waals surface area contributed by atoms with Gasteiger partial charge in [0.05, 0.1) is 11.0 Å². The lowest BCUT2D eigenvalue weighted by atomic mass is 9.95. The average Bonchev–Trinajstić information content (AvgIpc) is 3.74. The van der Waals surface area contributed by atoms with Crippen molar-refractivity contribution in [1.82, 2.24) is 4.57 Å². The summed E-state index contributed by atoms with van der Waals surface area (Å²) in [6.45, 7) is 0. The molecule has 0 saturated carbocycles. The zero-order chi connectivity index (χ0) is 33.7. The standard InChI is InChI=1S/C48H32N2S/c1-5-15-33(16-6-1)35-29-43(34-17-7-2-8-18-34)48-44(30-35)40-27-25-38(31-45(40)50(48)37-21-11-4-12-22-37)49(36-19-9-3-10-20-36)39-26-28-42-41-23-13-14-24-46(41)51-47(42)32-39/h1-32H. The molecule has 2 nitrogen and oxygen atoms in total. The fourth-order valence-electron chi connectivity index (χ4n) is 7.63. The van der Waals surface area contributed by atoms with E-state index in [0.29, 0.717) is 0 Å². The molecule has 0 N–H and O–H groups in total. The second-order valence-electron chi connectivity index (χ2n) is 13.0. The Morgan fingerprint density at radius 1 is 0.373 bits per heavy atom. The maximum atomic E-state index is 2.46. The van der Waals surface area contributed by atoms with Crippen molar-refractivity contribution in [3.63, 3.8) is 0 Å². The molecular formula is C48H32N2S. The zero-order valence-corrected chi connectivity index (χ0v) is 28.6. The largest absolute Gasteiger partial charge is 0.310 e. The van der Waals surface area contributed by atoms with Gasteiger partial charge in [-0.1, -0.05) is 127 Å². The molecule has 0 amide bonds. The number of rotatable bonds is 6. The van der Waals surface area contributed by atoms with Crippen LogP contribution in [0, 0.1) is 0 Å². The number of para-hydroxylation sites is 2. The Kier molecular flexibility index (Phi) is 7.04. The van der Waals surface area contributed by atoms with E-state index < -0.39 is 0 Å². The van der Waals surface area contributed by atoms with Crippen molar-refractivity contribution in [1.29, 1.82) is 0 Å². The van der Waals surface area contributed by atoms with E-state index in [4.69, 9.17) is 0 Å². The lowest BCUT2D eigenvalue weighted by molar-refractivity contribution is 1.18. The van der Waals surface area contributed by atoms with Gasteiger partial charge < -0.3 is 9.47 Å². The van der Waals surface area contributed by atoms with Crippen LogP contribution in [0.2, 0.25) is 0 Å². The second kappa shape index (κ2) is 12.2. The Morgan fingerprint density at radius 3 is 1.71 bits per heavy atom. The van der Waals surface area contributed by atoms with Gasteiger partial charge in [0.1, 0.15) is 0 Å². The molecule has 0 fully saturated rings. The molecule has 3 heteroatoms. The summed E-state index contributed by atoms with van der Waals surface area (Å²) in [6.07, 6.45) is 0. The molecule has 0 spiro atoms. The van der Waals surface area contributed by atoms with Crippen LogP contribution >= 0.6 is 11.3 Å². The maximum Gasteiger partial charge on any atom is 0.0619 e. The number of hydrogen-bond donors (Lipinski definition) is 0. The molecule has 0 aliphatic heterocycles. The van der Waals surface area contributed by atoms with Crippen LogP contribution in [0.3, 0.4) is 0 Å². The average molecular weight is 669 g/mol. The van der Waals surface area contributed by atoms with Crippen LogP contribution in [0.15, 0.2) is 194 Å². The van der Waals surface area contributed by atoms with Crippen LogP contribution in [-0.2, 0) is 0 Å². The molecule has 10 aromatic rings. The van der Waals surface area contributed by atoms with Crippen molar-refractivity contribution >= 4 is 70.4 Å². The molecule has 2 heterocycles. The Bertz CT molecular complexity index is 2840. The zero-order valence-electron chi connectivity index (χ0n) is 27.8. The van der Waals surface area contributed by atoms with Crippen molar-refractivity contribution < 1.29 is 0 Å². The lowest BCUT2D eigenvalue weighted by Gasteiger charge is -2.26. The predicted octanol–water partition coefficient (Wildman–Crippen LogP) is 14.0. The minimum Gasteiger partial charge on any atom is -0.310 e. The first-order valence-corrected chi connectivity index (χ1v) is 18.2.